The Balaban J connectivity index is 1.50. The molecule has 4 aromatic rings. The fraction of sp³-hybridized carbons (Fsp3) is 0.133. The predicted octanol–water partition coefficient (Wildman–Crippen LogP) is 4.79. The van der Waals surface area contributed by atoms with Crippen LogP contribution < -0.4 is 16.4 Å². The summed E-state index contributed by atoms with van der Waals surface area (Å²) < 4.78 is 42.1. The second-order valence-electron chi connectivity index (χ2n) is 9.43. The van der Waals surface area contributed by atoms with Gasteiger partial charge in [-0.3, -0.25) is 19.4 Å². The largest absolute Gasteiger partial charge is 0.366 e. The number of aromatic nitrogens is 1. The molecule has 4 N–H and O–H groups in total. The van der Waals surface area contributed by atoms with Gasteiger partial charge in [0, 0.05) is 23.9 Å². The summed E-state index contributed by atoms with van der Waals surface area (Å²) in [6, 6.07) is 16.1. The standard InChI is InChI=1S/C30H23F3N4O3/c31-18-4-1-3-16(11-18)12-26(36-27(38)15-22-21-14-19(32)7-9-25(21)37-30(22)40)28-20(5-2-10-35-28)17-6-8-24(33)23(13-17)29(34)39/h1-11,13-14,22,26H,12,15H2,(H2,34,39)(H,36,38)(H,37,40)/t22-,26?/m0/s1. The maximum Gasteiger partial charge on any atom is 0.251 e. The number of nitrogens with one attached hydrogen (secondary N) is 2. The predicted molar refractivity (Wildman–Crippen MR) is 142 cm³/mol. The molecule has 3 aromatic carbocycles. The molecule has 2 atom stereocenters. The van der Waals surface area contributed by atoms with Crippen LogP contribution in [0.3, 0.4) is 0 Å². The average molecular weight is 545 g/mol. The average Bonchev–Trinajstić information content (AvgIpc) is 3.22. The van der Waals surface area contributed by atoms with Gasteiger partial charge in [0.15, 0.2) is 0 Å². The Bertz CT molecular complexity index is 1640. The van der Waals surface area contributed by atoms with E-state index in [1.165, 1.54) is 54.7 Å². The first-order valence-corrected chi connectivity index (χ1v) is 12.4. The molecule has 0 fully saturated rings. The Kier molecular flexibility index (Phi) is 7.33. The van der Waals surface area contributed by atoms with E-state index in [1.54, 1.807) is 18.2 Å². The second-order valence-corrected chi connectivity index (χ2v) is 9.43. The van der Waals surface area contributed by atoms with Crippen LogP contribution in [-0.2, 0) is 16.0 Å². The third kappa shape index (κ3) is 5.56. The van der Waals surface area contributed by atoms with Crippen molar-refractivity contribution in [1.29, 1.82) is 0 Å². The Morgan fingerprint density at radius 3 is 2.55 bits per heavy atom. The van der Waals surface area contributed by atoms with Gasteiger partial charge < -0.3 is 16.4 Å². The van der Waals surface area contributed by atoms with E-state index in [1.807, 2.05) is 0 Å². The Morgan fingerprint density at radius 1 is 0.975 bits per heavy atom. The number of pyridine rings is 1. The molecule has 1 aliphatic rings. The summed E-state index contributed by atoms with van der Waals surface area (Å²) in [6.45, 7) is 0. The first-order chi connectivity index (χ1) is 19.2. The number of carbonyl (C=O) groups excluding carboxylic acids is 3. The monoisotopic (exact) mass is 544 g/mol. The number of benzene rings is 3. The lowest BCUT2D eigenvalue weighted by molar-refractivity contribution is -0.125. The highest BCUT2D eigenvalue weighted by Gasteiger charge is 2.33. The van der Waals surface area contributed by atoms with E-state index in [2.05, 4.69) is 15.6 Å². The Hall–Kier alpha value is -4.99. The zero-order chi connectivity index (χ0) is 28.4. The van der Waals surface area contributed by atoms with Gasteiger partial charge in [-0.15, -0.1) is 0 Å². The summed E-state index contributed by atoms with van der Waals surface area (Å²) in [6.07, 6.45) is 1.36. The molecule has 0 saturated carbocycles. The first kappa shape index (κ1) is 26.6. The van der Waals surface area contributed by atoms with E-state index in [0.29, 0.717) is 33.6 Å². The van der Waals surface area contributed by atoms with Gasteiger partial charge in [-0.2, -0.15) is 0 Å². The summed E-state index contributed by atoms with van der Waals surface area (Å²) in [5.74, 6) is -4.57. The number of amides is 3. The molecule has 2 heterocycles. The van der Waals surface area contributed by atoms with Gasteiger partial charge in [0.25, 0.3) is 5.91 Å². The number of nitrogens with two attached hydrogens (primary N) is 1. The van der Waals surface area contributed by atoms with Crippen molar-refractivity contribution in [1.82, 2.24) is 10.3 Å². The van der Waals surface area contributed by atoms with Crippen LogP contribution in [-0.4, -0.2) is 22.7 Å². The van der Waals surface area contributed by atoms with Crippen LogP contribution in [0, 0.1) is 17.5 Å². The SMILES string of the molecule is NC(=O)c1cc(-c2cccnc2C(Cc2cccc(F)c2)NC(=O)C[C@@H]2C(=O)Nc3ccc(F)cc32)ccc1F. The first-order valence-electron chi connectivity index (χ1n) is 12.4. The minimum atomic E-state index is -0.944. The van der Waals surface area contributed by atoms with Crippen molar-refractivity contribution < 1.29 is 27.6 Å². The molecular formula is C30H23F3N4O3. The van der Waals surface area contributed by atoms with Gasteiger partial charge >= 0.3 is 0 Å². The van der Waals surface area contributed by atoms with E-state index < -0.39 is 47.1 Å². The zero-order valence-electron chi connectivity index (χ0n) is 21.0. The van der Waals surface area contributed by atoms with Crippen molar-refractivity contribution in [3.05, 3.63) is 119 Å². The van der Waals surface area contributed by atoms with Gasteiger partial charge in [-0.1, -0.05) is 24.3 Å². The molecule has 7 nitrogen and oxygen atoms in total. The summed E-state index contributed by atoms with van der Waals surface area (Å²) in [5, 5.41) is 5.54. The molecule has 10 heteroatoms. The summed E-state index contributed by atoms with van der Waals surface area (Å²) >= 11 is 0. The van der Waals surface area contributed by atoms with Crippen molar-refractivity contribution in [2.24, 2.45) is 5.73 Å². The van der Waals surface area contributed by atoms with Crippen molar-refractivity contribution in [2.45, 2.75) is 24.8 Å². The lowest BCUT2D eigenvalue weighted by Crippen LogP contribution is -2.33. The van der Waals surface area contributed by atoms with Crippen LogP contribution in [0.5, 0.6) is 0 Å². The van der Waals surface area contributed by atoms with Gasteiger partial charge in [0.2, 0.25) is 11.8 Å². The van der Waals surface area contributed by atoms with Gasteiger partial charge in [-0.05, 0) is 71.6 Å². The minimum Gasteiger partial charge on any atom is -0.366 e. The number of halogens is 3. The smallest absolute Gasteiger partial charge is 0.251 e. The van der Waals surface area contributed by atoms with Crippen LogP contribution in [0.1, 0.15) is 45.6 Å². The number of fused-ring (bicyclic) bond motifs is 1. The van der Waals surface area contributed by atoms with E-state index in [9.17, 15) is 27.6 Å². The van der Waals surface area contributed by atoms with Gasteiger partial charge in [-0.25, -0.2) is 13.2 Å². The Morgan fingerprint density at radius 2 is 1.77 bits per heavy atom. The normalized spacial score (nSPS) is 14.8. The molecule has 1 aliphatic heterocycles. The lowest BCUT2D eigenvalue weighted by Gasteiger charge is -2.22. The summed E-state index contributed by atoms with van der Waals surface area (Å²) in [4.78, 5) is 42.1. The lowest BCUT2D eigenvalue weighted by atomic mass is 9.93. The highest BCUT2D eigenvalue weighted by atomic mass is 19.1. The van der Waals surface area contributed by atoms with Crippen LogP contribution in [0.15, 0.2) is 79.0 Å². The Labute approximate surface area is 227 Å². The quantitative estimate of drug-likeness (QED) is 0.296. The molecule has 1 aromatic heterocycles. The van der Waals surface area contributed by atoms with Crippen molar-refractivity contribution in [3.63, 3.8) is 0 Å². The zero-order valence-corrected chi connectivity index (χ0v) is 21.0. The van der Waals surface area contributed by atoms with Crippen LogP contribution in [0.4, 0.5) is 18.9 Å². The van der Waals surface area contributed by atoms with Gasteiger partial charge in [0.05, 0.1) is 23.2 Å². The number of hydrogen-bond acceptors (Lipinski definition) is 4. The topological polar surface area (TPSA) is 114 Å². The number of rotatable bonds is 8. The third-order valence-electron chi connectivity index (χ3n) is 6.73. The summed E-state index contributed by atoms with van der Waals surface area (Å²) in [7, 11) is 0. The number of hydrogen-bond donors (Lipinski definition) is 3. The molecular weight excluding hydrogens is 521 g/mol. The maximum atomic E-state index is 14.2. The minimum absolute atomic E-state index is 0.124. The molecule has 0 bridgehead atoms. The number of carbonyl (C=O) groups is 3. The summed E-state index contributed by atoms with van der Waals surface area (Å²) in [5.41, 5.74) is 7.68. The molecule has 5 rings (SSSR count). The van der Waals surface area contributed by atoms with E-state index in [-0.39, 0.29) is 18.4 Å². The maximum absolute atomic E-state index is 14.2. The molecule has 1 unspecified atom stereocenters. The fourth-order valence-corrected chi connectivity index (χ4v) is 4.87. The third-order valence-corrected chi connectivity index (χ3v) is 6.73. The van der Waals surface area contributed by atoms with Crippen LogP contribution >= 0.6 is 0 Å². The molecule has 3 amide bonds. The van der Waals surface area contributed by atoms with E-state index in [0.717, 1.165) is 6.07 Å². The molecule has 0 spiro atoms. The highest BCUT2D eigenvalue weighted by Crippen LogP contribution is 2.36. The fourth-order valence-electron chi connectivity index (χ4n) is 4.87. The molecule has 0 radical (unpaired) electrons. The highest BCUT2D eigenvalue weighted by molar-refractivity contribution is 6.05. The van der Waals surface area contributed by atoms with Crippen molar-refractivity contribution in [3.8, 4) is 11.1 Å². The van der Waals surface area contributed by atoms with Crippen molar-refractivity contribution >= 4 is 23.4 Å². The second kappa shape index (κ2) is 11.0. The molecule has 202 valence electrons. The van der Waals surface area contributed by atoms with E-state index in [4.69, 9.17) is 5.73 Å². The molecule has 40 heavy (non-hydrogen) atoms. The van der Waals surface area contributed by atoms with Crippen LogP contribution in [0.25, 0.3) is 11.1 Å². The van der Waals surface area contributed by atoms with E-state index >= 15 is 0 Å². The van der Waals surface area contributed by atoms with Crippen LogP contribution in [0.2, 0.25) is 0 Å². The number of nitrogens with zero attached hydrogens (tertiary/aromatic N) is 1. The molecule has 0 aliphatic carbocycles. The van der Waals surface area contributed by atoms with Crippen molar-refractivity contribution in [2.75, 3.05) is 5.32 Å². The number of primary amides is 1. The molecule has 0 saturated heterocycles. The van der Waals surface area contributed by atoms with Gasteiger partial charge in [0.1, 0.15) is 17.5 Å². The number of anilines is 1.